The van der Waals surface area contributed by atoms with Gasteiger partial charge in [-0.15, -0.1) is 0 Å². The van der Waals surface area contributed by atoms with Crippen molar-refractivity contribution in [2.45, 2.75) is 0 Å². The van der Waals surface area contributed by atoms with Crippen molar-refractivity contribution in [2.75, 3.05) is 17.2 Å². The van der Waals surface area contributed by atoms with Crippen LogP contribution in [0.15, 0.2) is 42.5 Å². The topological polar surface area (TPSA) is 41.1 Å². The largest absolute Gasteiger partial charge is 0.376 e. The van der Waals surface area contributed by atoms with Gasteiger partial charge in [0, 0.05) is 26.4 Å². The molecule has 0 saturated carbocycles. The third-order valence-electron chi connectivity index (χ3n) is 2.42. The van der Waals surface area contributed by atoms with Gasteiger partial charge in [-0.1, -0.05) is 40.9 Å². The Hall–Kier alpha value is -1.42. The molecule has 0 radical (unpaired) electrons. The van der Waals surface area contributed by atoms with Gasteiger partial charge in [-0.05, 0) is 36.4 Å². The minimum atomic E-state index is -0.191. The maximum atomic E-state index is 11.8. The molecule has 2 aromatic carbocycles. The second kappa shape index (κ2) is 6.84. The van der Waals surface area contributed by atoms with E-state index in [1.165, 1.54) is 0 Å². The van der Waals surface area contributed by atoms with Crippen LogP contribution in [-0.2, 0) is 4.79 Å². The van der Waals surface area contributed by atoms with Crippen LogP contribution in [0.1, 0.15) is 0 Å². The number of hydrogen-bond donors (Lipinski definition) is 2. The molecule has 20 heavy (non-hydrogen) atoms. The van der Waals surface area contributed by atoms with Crippen LogP contribution in [0.25, 0.3) is 0 Å². The molecule has 0 aromatic heterocycles. The Morgan fingerprint density at radius 2 is 1.55 bits per heavy atom. The molecule has 3 nitrogen and oxygen atoms in total. The van der Waals surface area contributed by atoms with E-state index in [2.05, 4.69) is 10.6 Å². The van der Waals surface area contributed by atoms with E-state index in [4.69, 9.17) is 34.8 Å². The van der Waals surface area contributed by atoms with Gasteiger partial charge in [0.15, 0.2) is 0 Å². The van der Waals surface area contributed by atoms with E-state index in [0.717, 1.165) is 0 Å². The van der Waals surface area contributed by atoms with Gasteiger partial charge in [0.2, 0.25) is 5.91 Å². The zero-order chi connectivity index (χ0) is 14.5. The average Bonchev–Trinajstić information content (AvgIpc) is 2.35. The number of halogens is 3. The first kappa shape index (κ1) is 15.0. The number of carbonyl (C=O) groups is 1. The highest BCUT2D eigenvalue weighted by Gasteiger charge is 2.04. The maximum absolute atomic E-state index is 11.8. The Labute approximate surface area is 131 Å². The van der Waals surface area contributed by atoms with Crippen molar-refractivity contribution in [3.05, 3.63) is 57.5 Å². The summed E-state index contributed by atoms with van der Waals surface area (Å²) in [5.41, 5.74) is 1.33. The number of benzene rings is 2. The van der Waals surface area contributed by atoms with Crippen molar-refractivity contribution >= 4 is 52.1 Å². The molecule has 0 atom stereocenters. The third kappa shape index (κ3) is 4.60. The summed E-state index contributed by atoms with van der Waals surface area (Å²) >= 11 is 17.6. The molecule has 2 aromatic rings. The Morgan fingerprint density at radius 1 is 0.900 bits per heavy atom. The van der Waals surface area contributed by atoms with Gasteiger partial charge in [-0.3, -0.25) is 4.79 Å². The van der Waals surface area contributed by atoms with Crippen LogP contribution in [0.2, 0.25) is 15.1 Å². The van der Waals surface area contributed by atoms with Crippen LogP contribution in [0.4, 0.5) is 11.4 Å². The Bertz CT molecular complexity index is 611. The SMILES string of the molecule is O=C(CNc1cc(Cl)cc(Cl)c1)Nc1cccc(Cl)c1. The minimum Gasteiger partial charge on any atom is -0.376 e. The Balaban J connectivity index is 1.92. The molecular weight excluding hydrogens is 319 g/mol. The summed E-state index contributed by atoms with van der Waals surface area (Å²) in [6, 6.07) is 12.0. The van der Waals surface area contributed by atoms with Crippen LogP contribution >= 0.6 is 34.8 Å². The molecule has 2 rings (SSSR count). The number of amides is 1. The van der Waals surface area contributed by atoms with E-state index >= 15 is 0 Å². The van der Waals surface area contributed by atoms with Crippen molar-refractivity contribution < 1.29 is 4.79 Å². The lowest BCUT2D eigenvalue weighted by atomic mass is 10.3. The van der Waals surface area contributed by atoms with E-state index in [1.807, 2.05) is 0 Å². The second-order valence-electron chi connectivity index (χ2n) is 4.07. The average molecular weight is 330 g/mol. The van der Waals surface area contributed by atoms with Gasteiger partial charge >= 0.3 is 0 Å². The molecule has 6 heteroatoms. The van der Waals surface area contributed by atoms with Gasteiger partial charge in [0.25, 0.3) is 0 Å². The number of nitrogens with one attached hydrogen (secondary N) is 2. The summed E-state index contributed by atoms with van der Waals surface area (Å²) in [5.74, 6) is -0.191. The van der Waals surface area contributed by atoms with Crippen LogP contribution < -0.4 is 10.6 Å². The molecule has 0 aliphatic heterocycles. The lowest BCUT2D eigenvalue weighted by Gasteiger charge is -2.08. The van der Waals surface area contributed by atoms with Crippen molar-refractivity contribution in [2.24, 2.45) is 0 Å². The Morgan fingerprint density at radius 3 is 2.20 bits per heavy atom. The monoisotopic (exact) mass is 328 g/mol. The Kier molecular flexibility index (Phi) is 5.12. The fraction of sp³-hybridized carbons (Fsp3) is 0.0714. The summed E-state index contributed by atoms with van der Waals surface area (Å²) in [7, 11) is 0. The molecule has 0 bridgehead atoms. The molecule has 0 aliphatic rings. The molecular formula is C14H11Cl3N2O. The normalized spacial score (nSPS) is 10.2. The van der Waals surface area contributed by atoms with Crippen molar-refractivity contribution in [3.8, 4) is 0 Å². The zero-order valence-electron chi connectivity index (χ0n) is 10.3. The third-order valence-corrected chi connectivity index (χ3v) is 3.10. The zero-order valence-corrected chi connectivity index (χ0v) is 12.6. The molecule has 0 aliphatic carbocycles. The van der Waals surface area contributed by atoms with E-state index in [-0.39, 0.29) is 12.5 Å². The number of hydrogen-bond acceptors (Lipinski definition) is 2. The molecule has 0 fully saturated rings. The summed E-state index contributed by atoms with van der Waals surface area (Å²) in [5, 5.41) is 7.26. The van der Waals surface area contributed by atoms with E-state index < -0.39 is 0 Å². The fourth-order valence-corrected chi connectivity index (χ4v) is 2.33. The van der Waals surface area contributed by atoms with Crippen molar-refractivity contribution in [1.82, 2.24) is 0 Å². The molecule has 104 valence electrons. The first-order valence-electron chi connectivity index (χ1n) is 5.78. The van der Waals surface area contributed by atoms with Gasteiger partial charge in [-0.2, -0.15) is 0 Å². The van der Waals surface area contributed by atoms with Crippen LogP contribution in [0.3, 0.4) is 0 Å². The van der Waals surface area contributed by atoms with Crippen LogP contribution in [0, 0.1) is 0 Å². The van der Waals surface area contributed by atoms with Crippen molar-refractivity contribution in [1.29, 1.82) is 0 Å². The molecule has 0 heterocycles. The maximum Gasteiger partial charge on any atom is 0.243 e. The molecule has 1 amide bonds. The lowest BCUT2D eigenvalue weighted by Crippen LogP contribution is -2.21. The van der Waals surface area contributed by atoms with E-state index in [9.17, 15) is 4.79 Å². The summed E-state index contributed by atoms with van der Waals surface area (Å²) in [6.07, 6.45) is 0. The van der Waals surface area contributed by atoms with Crippen LogP contribution in [0.5, 0.6) is 0 Å². The highest BCUT2D eigenvalue weighted by Crippen LogP contribution is 2.22. The molecule has 0 saturated heterocycles. The molecule has 0 spiro atoms. The molecule has 0 unspecified atom stereocenters. The standard InChI is InChI=1S/C14H11Cl3N2O/c15-9-2-1-3-12(5-9)19-14(20)8-18-13-6-10(16)4-11(17)7-13/h1-7,18H,8H2,(H,19,20). The first-order valence-corrected chi connectivity index (χ1v) is 6.92. The highest BCUT2D eigenvalue weighted by atomic mass is 35.5. The predicted molar refractivity (Wildman–Crippen MR) is 85.0 cm³/mol. The fourth-order valence-electron chi connectivity index (χ4n) is 1.61. The highest BCUT2D eigenvalue weighted by molar-refractivity contribution is 6.35. The van der Waals surface area contributed by atoms with Gasteiger partial charge in [-0.25, -0.2) is 0 Å². The second-order valence-corrected chi connectivity index (χ2v) is 5.38. The first-order chi connectivity index (χ1) is 9.52. The summed E-state index contributed by atoms with van der Waals surface area (Å²) in [4.78, 5) is 11.8. The number of anilines is 2. The van der Waals surface area contributed by atoms with Gasteiger partial charge < -0.3 is 10.6 Å². The van der Waals surface area contributed by atoms with Crippen LogP contribution in [-0.4, -0.2) is 12.5 Å². The lowest BCUT2D eigenvalue weighted by molar-refractivity contribution is -0.114. The van der Waals surface area contributed by atoms with E-state index in [0.29, 0.717) is 26.4 Å². The smallest absolute Gasteiger partial charge is 0.243 e. The predicted octanol–water partition coefficient (Wildman–Crippen LogP) is 4.70. The van der Waals surface area contributed by atoms with Crippen molar-refractivity contribution in [3.63, 3.8) is 0 Å². The van der Waals surface area contributed by atoms with Gasteiger partial charge in [0.05, 0.1) is 6.54 Å². The number of rotatable bonds is 4. The summed E-state index contributed by atoms with van der Waals surface area (Å²) < 4.78 is 0. The number of carbonyl (C=O) groups excluding carboxylic acids is 1. The minimum absolute atomic E-state index is 0.100. The quantitative estimate of drug-likeness (QED) is 0.854. The molecule has 2 N–H and O–H groups in total. The van der Waals surface area contributed by atoms with E-state index in [1.54, 1.807) is 42.5 Å². The summed E-state index contributed by atoms with van der Waals surface area (Å²) in [6.45, 7) is 0.100. The van der Waals surface area contributed by atoms with Gasteiger partial charge in [0.1, 0.15) is 0 Å².